The predicted molar refractivity (Wildman–Crippen MR) is 100 cm³/mol. The molecule has 0 aliphatic carbocycles. The molecule has 0 radical (unpaired) electrons. The van der Waals surface area contributed by atoms with Crippen LogP contribution in [0, 0.1) is 5.82 Å². The number of halogens is 1. The Morgan fingerprint density at radius 3 is 2.48 bits per heavy atom. The highest BCUT2D eigenvalue weighted by atomic mass is 19.1. The van der Waals surface area contributed by atoms with Crippen molar-refractivity contribution in [3.63, 3.8) is 0 Å². The lowest BCUT2D eigenvalue weighted by molar-refractivity contribution is 0.0444. The van der Waals surface area contributed by atoms with Gasteiger partial charge < -0.3 is 14.9 Å². The number of nitrogen functional groups attached to an aromatic ring is 1. The number of carbonyl (C=O) groups is 2. The van der Waals surface area contributed by atoms with Gasteiger partial charge in [-0.05, 0) is 24.3 Å². The number of hydrogen-bond acceptors (Lipinski definition) is 7. The summed E-state index contributed by atoms with van der Waals surface area (Å²) in [5, 5.41) is 0. The minimum absolute atomic E-state index is 0.109. The van der Waals surface area contributed by atoms with Crippen LogP contribution in [0.5, 0.6) is 0 Å². The van der Waals surface area contributed by atoms with Gasteiger partial charge in [-0.25, -0.2) is 14.0 Å². The highest BCUT2D eigenvalue weighted by Gasteiger charge is 2.23. The molecule has 0 spiro atoms. The van der Waals surface area contributed by atoms with Crippen molar-refractivity contribution in [2.75, 3.05) is 12.3 Å². The molecule has 1 aromatic carbocycles. The van der Waals surface area contributed by atoms with Crippen molar-refractivity contribution in [1.82, 2.24) is 9.13 Å². The number of nitrogens with zero attached hydrogens (tertiary/aromatic N) is 2. The van der Waals surface area contributed by atoms with Crippen molar-refractivity contribution in [3.05, 3.63) is 74.4 Å². The molecule has 29 heavy (non-hydrogen) atoms. The molecular formula is C19H16FN3O6. The van der Waals surface area contributed by atoms with Gasteiger partial charge in [0, 0.05) is 14.1 Å². The molecule has 3 aromatic rings. The molecule has 2 heterocycles. The van der Waals surface area contributed by atoms with Crippen LogP contribution in [0.1, 0.15) is 20.9 Å². The average molecular weight is 401 g/mol. The summed E-state index contributed by atoms with van der Waals surface area (Å²) >= 11 is 0. The second-order valence-corrected chi connectivity index (χ2v) is 6.11. The largest absolute Gasteiger partial charge is 0.451 e. The van der Waals surface area contributed by atoms with Crippen LogP contribution in [0.15, 0.2) is 50.4 Å². The Labute approximate surface area is 162 Å². The Bertz CT molecular complexity index is 1240. The normalized spacial score (nSPS) is 10.7. The fourth-order valence-corrected chi connectivity index (χ4v) is 2.65. The van der Waals surface area contributed by atoms with Gasteiger partial charge in [-0.2, -0.15) is 0 Å². The van der Waals surface area contributed by atoms with Gasteiger partial charge in [0.15, 0.2) is 6.61 Å². The number of benzene rings is 1. The maximum Gasteiger partial charge on any atom is 0.374 e. The Morgan fingerprint density at radius 1 is 1.10 bits per heavy atom. The topological polar surface area (TPSA) is 127 Å². The lowest BCUT2D eigenvalue weighted by atomic mass is 10.1. The summed E-state index contributed by atoms with van der Waals surface area (Å²) in [6.07, 6.45) is 0. The van der Waals surface area contributed by atoms with Crippen LogP contribution in [0.3, 0.4) is 0 Å². The number of rotatable bonds is 5. The molecule has 2 aromatic heterocycles. The maximum atomic E-state index is 13.8. The number of nitrogens with two attached hydrogens (primary N) is 1. The lowest BCUT2D eigenvalue weighted by Crippen LogP contribution is -2.42. The lowest BCUT2D eigenvalue weighted by Gasteiger charge is -2.10. The first kappa shape index (κ1) is 19.8. The summed E-state index contributed by atoms with van der Waals surface area (Å²) in [5.41, 5.74) is 3.79. The third-order valence-corrected chi connectivity index (χ3v) is 4.27. The second-order valence-electron chi connectivity index (χ2n) is 6.11. The van der Waals surface area contributed by atoms with Gasteiger partial charge in [-0.15, -0.1) is 0 Å². The van der Waals surface area contributed by atoms with E-state index in [1.54, 1.807) is 6.07 Å². The number of ether oxygens (including phenoxy) is 1. The molecule has 3 rings (SSSR count). The number of aromatic nitrogens is 2. The highest BCUT2D eigenvalue weighted by Crippen LogP contribution is 2.25. The molecule has 0 unspecified atom stereocenters. The first-order valence-corrected chi connectivity index (χ1v) is 8.33. The van der Waals surface area contributed by atoms with E-state index in [4.69, 9.17) is 14.9 Å². The molecule has 9 nitrogen and oxygen atoms in total. The zero-order valence-electron chi connectivity index (χ0n) is 15.5. The number of furan rings is 1. The van der Waals surface area contributed by atoms with Crippen LogP contribution in [-0.2, 0) is 18.8 Å². The van der Waals surface area contributed by atoms with Crippen LogP contribution in [0.4, 0.5) is 10.2 Å². The summed E-state index contributed by atoms with van der Waals surface area (Å²) in [6.45, 7) is -0.799. The number of esters is 1. The molecule has 0 aliphatic heterocycles. The van der Waals surface area contributed by atoms with Crippen molar-refractivity contribution in [2.45, 2.75) is 0 Å². The van der Waals surface area contributed by atoms with E-state index < -0.39 is 41.0 Å². The number of anilines is 1. The van der Waals surface area contributed by atoms with E-state index in [0.29, 0.717) is 0 Å². The quantitative estimate of drug-likeness (QED) is 0.501. The third kappa shape index (κ3) is 3.59. The second kappa shape index (κ2) is 7.58. The molecule has 0 amide bonds. The molecule has 0 bridgehead atoms. The third-order valence-electron chi connectivity index (χ3n) is 4.27. The molecule has 0 fully saturated rings. The van der Waals surface area contributed by atoms with Gasteiger partial charge in [0.2, 0.25) is 11.5 Å². The molecule has 0 saturated carbocycles. The van der Waals surface area contributed by atoms with Crippen molar-refractivity contribution >= 4 is 17.6 Å². The Kier molecular flexibility index (Phi) is 5.18. The summed E-state index contributed by atoms with van der Waals surface area (Å²) < 4.78 is 25.6. The summed E-state index contributed by atoms with van der Waals surface area (Å²) in [6, 6.07) is 8.50. The average Bonchev–Trinajstić information content (AvgIpc) is 3.19. The van der Waals surface area contributed by atoms with Crippen molar-refractivity contribution < 1.29 is 23.1 Å². The Hall–Kier alpha value is -3.95. The first-order chi connectivity index (χ1) is 13.7. The van der Waals surface area contributed by atoms with E-state index >= 15 is 0 Å². The number of carbonyl (C=O) groups excluding carboxylic acids is 2. The fraction of sp³-hybridized carbons (Fsp3) is 0.158. The van der Waals surface area contributed by atoms with E-state index in [-0.39, 0.29) is 22.9 Å². The van der Waals surface area contributed by atoms with Gasteiger partial charge >= 0.3 is 11.7 Å². The number of ketones is 1. The van der Waals surface area contributed by atoms with Crippen LogP contribution in [0.25, 0.3) is 11.3 Å². The van der Waals surface area contributed by atoms with Gasteiger partial charge in [0.05, 0.1) is 5.56 Å². The summed E-state index contributed by atoms with van der Waals surface area (Å²) in [4.78, 5) is 48.4. The van der Waals surface area contributed by atoms with Crippen LogP contribution in [0.2, 0.25) is 0 Å². The van der Waals surface area contributed by atoms with E-state index in [2.05, 4.69) is 0 Å². The van der Waals surface area contributed by atoms with E-state index in [1.807, 2.05) is 0 Å². The van der Waals surface area contributed by atoms with E-state index in [0.717, 1.165) is 9.13 Å². The Balaban J connectivity index is 1.77. The minimum Gasteiger partial charge on any atom is -0.451 e. The number of Topliss-reactive ketones (excluding diaryl/α,β-unsaturated/α-hetero) is 1. The molecule has 10 heteroatoms. The molecule has 0 saturated heterocycles. The van der Waals surface area contributed by atoms with Crippen molar-refractivity contribution in [1.29, 1.82) is 0 Å². The van der Waals surface area contributed by atoms with Gasteiger partial charge in [-0.3, -0.25) is 18.7 Å². The number of hydrogen-bond donors (Lipinski definition) is 1. The zero-order chi connectivity index (χ0) is 21.3. The smallest absolute Gasteiger partial charge is 0.374 e. The van der Waals surface area contributed by atoms with Crippen molar-refractivity contribution in [3.8, 4) is 11.3 Å². The molecule has 0 atom stereocenters. The monoisotopic (exact) mass is 401 g/mol. The predicted octanol–water partition coefficient (Wildman–Crippen LogP) is 1.10. The standard InChI is InChI=1S/C19H16FN3O6/c1-22-16(21)15(17(25)23(2)19(22)27)12(24)9-28-18(26)14-8-7-13(29-14)10-5-3-4-6-11(10)20/h3-8H,9,21H2,1-2H3. The maximum absolute atomic E-state index is 13.8. The van der Waals surface area contributed by atoms with Gasteiger partial charge in [-0.1, -0.05) is 12.1 Å². The minimum atomic E-state index is -0.985. The molecule has 150 valence electrons. The Morgan fingerprint density at radius 2 is 1.79 bits per heavy atom. The van der Waals surface area contributed by atoms with Crippen LogP contribution >= 0.6 is 0 Å². The molecule has 2 N–H and O–H groups in total. The zero-order valence-corrected chi connectivity index (χ0v) is 15.5. The highest BCUT2D eigenvalue weighted by molar-refractivity contribution is 6.02. The SMILES string of the molecule is Cn1c(N)c(C(=O)COC(=O)c2ccc(-c3ccccc3F)o2)c(=O)n(C)c1=O. The van der Waals surface area contributed by atoms with E-state index in [1.165, 1.54) is 44.4 Å². The molecule has 0 aliphatic rings. The van der Waals surface area contributed by atoms with Crippen LogP contribution in [-0.4, -0.2) is 27.5 Å². The summed E-state index contributed by atoms with van der Waals surface area (Å²) in [5.74, 6) is -2.87. The van der Waals surface area contributed by atoms with Crippen LogP contribution < -0.4 is 17.0 Å². The van der Waals surface area contributed by atoms with Gasteiger partial charge in [0.1, 0.15) is 23.0 Å². The first-order valence-electron chi connectivity index (χ1n) is 8.33. The van der Waals surface area contributed by atoms with E-state index in [9.17, 15) is 23.6 Å². The molecular weight excluding hydrogens is 385 g/mol. The summed E-state index contributed by atoms with van der Waals surface area (Å²) in [7, 11) is 2.49. The van der Waals surface area contributed by atoms with Crippen molar-refractivity contribution in [2.24, 2.45) is 14.1 Å². The fourth-order valence-electron chi connectivity index (χ4n) is 2.65. The van der Waals surface area contributed by atoms with Gasteiger partial charge in [0.25, 0.3) is 5.56 Å².